The van der Waals surface area contributed by atoms with Crippen molar-refractivity contribution >= 4 is 17.0 Å². The maximum Gasteiger partial charge on any atom is 0.404 e. The van der Waals surface area contributed by atoms with Crippen LogP contribution in [0.15, 0.2) is 29.1 Å². The average molecular weight is 421 g/mol. The first-order chi connectivity index (χ1) is 14.1. The number of amides is 1. The zero-order chi connectivity index (χ0) is 22.1. The Bertz CT molecular complexity index is 988. The molecule has 0 bridgehead atoms. The molecule has 3 rings (SSSR count). The van der Waals surface area contributed by atoms with Crippen LogP contribution >= 0.6 is 0 Å². The van der Waals surface area contributed by atoms with E-state index in [1.807, 2.05) is 0 Å². The Hall–Kier alpha value is -2.61. The van der Waals surface area contributed by atoms with Crippen LogP contribution in [0.25, 0.3) is 10.9 Å². The molecule has 0 unspecified atom stereocenters. The van der Waals surface area contributed by atoms with Gasteiger partial charge in [0.05, 0.1) is 44.3 Å². The Kier molecular flexibility index (Phi) is 6.08. The number of nitrogens with one attached hydrogen (secondary N) is 1. The number of ether oxygens (including phenoxy) is 1. The Morgan fingerprint density at radius 2 is 1.97 bits per heavy atom. The van der Waals surface area contributed by atoms with Crippen molar-refractivity contribution in [3.63, 3.8) is 0 Å². The highest BCUT2D eigenvalue weighted by Gasteiger charge is 2.43. The van der Waals surface area contributed by atoms with E-state index in [4.69, 9.17) is 9.84 Å². The summed E-state index contributed by atoms with van der Waals surface area (Å²) in [6, 6.07) is 5.78. The number of piperidine rings is 1. The van der Waals surface area contributed by atoms with Crippen LogP contribution in [0.4, 0.5) is 9.18 Å². The molecule has 30 heavy (non-hydrogen) atoms. The second-order valence-electron chi connectivity index (χ2n) is 9.07. The third kappa shape index (κ3) is 4.28. The van der Waals surface area contributed by atoms with E-state index in [-0.39, 0.29) is 17.1 Å². The SMILES string of the molecule is COc1cc(=O)n(CC[N+]2(C(C)(C)C)CCC(NC(=O)O)CC2)c2cc(F)ccc12. The molecule has 164 valence electrons. The molecule has 1 aliphatic rings. The van der Waals surface area contributed by atoms with Gasteiger partial charge >= 0.3 is 6.09 Å². The van der Waals surface area contributed by atoms with Crippen LogP contribution in [0.2, 0.25) is 0 Å². The van der Waals surface area contributed by atoms with E-state index in [9.17, 15) is 14.0 Å². The summed E-state index contributed by atoms with van der Waals surface area (Å²) in [4.78, 5) is 23.8. The number of nitrogens with zero attached hydrogens (tertiary/aromatic N) is 2. The van der Waals surface area contributed by atoms with Gasteiger partial charge in [0, 0.05) is 30.3 Å². The fourth-order valence-electron chi connectivity index (χ4n) is 4.62. The van der Waals surface area contributed by atoms with Gasteiger partial charge in [0.1, 0.15) is 11.6 Å². The second kappa shape index (κ2) is 8.26. The number of methoxy groups -OCH3 is 1. The predicted molar refractivity (Wildman–Crippen MR) is 114 cm³/mol. The van der Waals surface area contributed by atoms with Gasteiger partial charge in [-0.25, -0.2) is 9.18 Å². The summed E-state index contributed by atoms with van der Waals surface area (Å²) in [6.45, 7) is 9.28. The summed E-state index contributed by atoms with van der Waals surface area (Å²) in [7, 11) is 1.50. The number of quaternary nitrogens is 1. The molecule has 2 aromatic rings. The van der Waals surface area contributed by atoms with Gasteiger partial charge in [0.2, 0.25) is 0 Å². The first-order valence-electron chi connectivity index (χ1n) is 10.3. The van der Waals surface area contributed by atoms with E-state index in [1.165, 1.54) is 25.3 Å². The Labute approximate surface area is 175 Å². The number of carbonyl (C=O) groups is 1. The quantitative estimate of drug-likeness (QED) is 0.728. The minimum Gasteiger partial charge on any atom is -0.496 e. The third-order valence-electron chi connectivity index (χ3n) is 6.57. The van der Waals surface area contributed by atoms with Crippen molar-refractivity contribution in [1.82, 2.24) is 9.88 Å². The molecule has 2 N–H and O–H groups in total. The van der Waals surface area contributed by atoms with Crippen molar-refractivity contribution in [2.24, 2.45) is 0 Å². The van der Waals surface area contributed by atoms with Gasteiger partial charge in [-0.2, -0.15) is 0 Å². The lowest BCUT2D eigenvalue weighted by Crippen LogP contribution is -2.66. The molecule has 1 amide bonds. The molecule has 7 nitrogen and oxygen atoms in total. The number of carboxylic acid groups (broad SMARTS) is 1. The number of rotatable bonds is 5. The van der Waals surface area contributed by atoms with Crippen LogP contribution in [0.5, 0.6) is 5.75 Å². The maximum absolute atomic E-state index is 14.0. The van der Waals surface area contributed by atoms with Crippen molar-refractivity contribution in [3.8, 4) is 5.75 Å². The lowest BCUT2D eigenvalue weighted by atomic mass is 9.93. The number of halogens is 1. The predicted octanol–water partition coefficient (Wildman–Crippen LogP) is 3.19. The summed E-state index contributed by atoms with van der Waals surface area (Å²) in [6.07, 6.45) is 0.501. The van der Waals surface area contributed by atoms with Crippen molar-refractivity contribution in [2.75, 3.05) is 26.7 Å². The van der Waals surface area contributed by atoms with Crippen LogP contribution in [0.3, 0.4) is 0 Å². The fraction of sp³-hybridized carbons (Fsp3) is 0.545. The summed E-state index contributed by atoms with van der Waals surface area (Å²) in [5.74, 6) is 0.0377. The van der Waals surface area contributed by atoms with Crippen molar-refractivity contribution in [3.05, 3.63) is 40.4 Å². The lowest BCUT2D eigenvalue weighted by Gasteiger charge is -2.52. The molecule has 1 aromatic heterocycles. The van der Waals surface area contributed by atoms with E-state index < -0.39 is 11.9 Å². The standard InChI is InChI=1S/C22H30FN3O4/c1-22(2,3)26(10-7-16(8-11-26)24-21(28)29)12-9-25-18-13-15(23)5-6-17(18)19(30-4)14-20(25)27/h5-6,13-14,16,24H,7-12H2,1-4H3/p+1. The molecule has 0 saturated carbocycles. The summed E-state index contributed by atoms with van der Waals surface area (Å²) < 4.78 is 21.7. The molecule has 8 heteroatoms. The van der Waals surface area contributed by atoms with Crippen LogP contribution in [-0.4, -0.2) is 58.6 Å². The third-order valence-corrected chi connectivity index (χ3v) is 6.57. The Morgan fingerprint density at radius 1 is 1.30 bits per heavy atom. The van der Waals surface area contributed by atoms with Crippen molar-refractivity contribution in [1.29, 1.82) is 0 Å². The monoisotopic (exact) mass is 420 g/mol. The van der Waals surface area contributed by atoms with Gasteiger partial charge in [0.15, 0.2) is 0 Å². The maximum atomic E-state index is 14.0. The molecular weight excluding hydrogens is 389 g/mol. The topological polar surface area (TPSA) is 80.6 Å². The number of likely N-dealkylation sites (tertiary alicyclic amines) is 1. The minimum atomic E-state index is -0.992. The van der Waals surface area contributed by atoms with Crippen LogP contribution in [0, 0.1) is 5.82 Å². The minimum absolute atomic E-state index is 0.0465. The van der Waals surface area contributed by atoms with E-state index in [0.29, 0.717) is 29.7 Å². The summed E-state index contributed by atoms with van der Waals surface area (Å²) in [5.41, 5.74) is 0.221. The fourth-order valence-corrected chi connectivity index (χ4v) is 4.62. The Balaban J connectivity index is 1.91. The molecule has 1 fully saturated rings. The molecule has 0 aliphatic carbocycles. The molecule has 2 heterocycles. The molecule has 1 aliphatic heterocycles. The lowest BCUT2D eigenvalue weighted by molar-refractivity contribution is -0.975. The van der Waals surface area contributed by atoms with E-state index in [0.717, 1.165) is 30.4 Å². The number of fused-ring (bicyclic) bond motifs is 1. The van der Waals surface area contributed by atoms with E-state index >= 15 is 0 Å². The number of hydrogen-bond donors (Lipinski definition) is 2. The van der Waals surface area contributed by atoms with Crippen LogP contribution in [0.1, 0.15) is 33.6 Å². The molecule has 0 atom stereocenters. The molecule has 1 saturated heterocycles. The van der Waals surface area contributed by atoms with Crippen LogP contribution < -0.4 is 15.6 Å². The number of hydrogen-bond acceptors (Lipinski definition) is 3. The molecule has 1 aromatic carbocycles. The molecule has 0 radical (unpaired) electrons. The van der Waals surface area contributed by atoms with Crippen LogP contribution in [-0.2, 0) is 6.54 Å². The first-order valence-corrected chi connectivity index (χ1v) is 10.3. The molecular formula is C22H31FN3O4+. The van der Waals surface area contributed by atoms with Crippen molar-refractivity contribution in [2.45, 2.75) is 51.7 Å². The summed E-state index contributed by atoms with van der Waals surface area (Å²) in [5, 5.41) is 12.3. The van der Waals surface area contributed by atoms with Gasteiger partial charge in [-0.3, -0.25) is 4.79 Å². The highest BCUT2D eigenvalue weighted by molar-refractivity contribution is 5.85. The van der Waals surface area contributed by atoms with Gasteiger partial charge < -0.3 is 24.2 Å². The number of benzene rings is 1. The van der Waals surface area contributed by atoms with E-state index in [1.54, 1.807) is 10.6 Å². The van der Waals surface area contributed by atoms with E-state index in [2.05, 4.69) is 26.1 Å². The Morgan fingerprint density at radius 3 is 2.53 bits per heavy atom. The van der Waals surface area contributed by atoms with Gasteiger partial charge in [-0.15, -0.1) is 0 Å². The average Bonchev–Trinajstić information content (AvgIpc) is 2.66. The zero-order valence-corrected chi connectivity index (χ0v) is 18.1. The highest BCUT2D eigenvalue weighted by Crippen LogP contribution is 2.31. The van der Waals surface area contributed by atoms with Crippen molar-refractivity contribution < 1.29 is 23.5 Å². The zero-order valence-electron chi connectivity index (χ0n) is 18.1. The van der Waals surface area contributed by atoms with Gasteiger partial charge in [0.25, 0.3) is 5.56 Å². The normalized spacial score (nSPS) is 22.1. The summed E-state index contributed by atoms with van der Waals surface area (Å²) >= 11 is 0. The number of pyridine rings is 1. The molecule has 0 spiro atoms. The first kappa shape index (κ1) is 22.1. The number of aromatic nitrogens is 1. The van der Waals surface area contributed by atoms with Gasteiger partial charge in [-0.05, 0) is 39.0 Å². The second-order valence-corrected chi connectivity index (χ2v) is 9.07. The smallest absolute Gasteiger partial charge is 0.404 e. The largest absolute Gasteiger partial charge is 0.496 e. The highest BCUT2D eigenvalue weighted by atomic mass is 19.1. The van der Waals surface area contributed by atoms with Gasteiger partial charge in [-0.1, -0.05) is 0 Å².